The van der Waals surface area contributed by atoms with E-state index in [1.54, 1.807) is 12.4 Å². The van der Waals surface area contributed by atoms with Crippen molar-refractivity contribution in [3.63, 3.8) is 0 Å². The minimum atomic E-state index is -0.833. The number of para-hydroxylation sites is 2. The number of aliphatic imine (C=N–C) groups is 2. The summed E-state index contributed by atoms with van der Waals surface area (Å²) in [7, 11) is 0. The SMILES string of the molecule is CC(=O)O.Oc1c2cccc1CCCc1cccc(c1O)C=NCCN=C2.[Mn]. The number of fused-ring (bicyclic) bond motifs is 4. The Morgan fingerprint density at radius 3 is 1.64 bits per heavy atom. The first-order valence-electron chi connectivity index (χ1n) is 8.80. The zero-order chi connectivity index (χ0) is 19.6. The van der Waals surface area contributed by atoms with Crippen molar-refractivity contribution in [1.29, 1.82) is 0 Å². The number of carbonyl (C=O) groups is 1. The molecule has 1 aliphatic rings. The predicted molar refractivity (Wildman–Crippen MR) is 106 cm³/mol. The largest absolute Gasteiger partial charge is 0.507 e. The Balaban J connectivity index is 0.000000717. The molecule has 2 aromatic rings. The number of hydrogen-bond acceptors (Lipinski definition) is 5. The molecule has 0 saturated heterocycles. The van der Waals surface area contributed by atoms with Crippen LogP contribution in [0.3, 0.4) is 0 Å². The van der Waals surface area contributed by atoms with Crippen molar-refractivity contribution in [3.8, 4) is 11.5 Å². The number of benzene rings is 2. The maximum absolute atomic E-state index is 10.3. The summed E-state index contributed by atoms with van der Waals surface area (Å²) in [6.45, 7) is 2.17. The summed E-state index contributed by atoms with van der Waals surface area (Å²) in [5.41, 5.74) is 3.31. The van der Waals surface area contributed by atoms with E-state index < -0.39 is 5.97 Å². The van der Waals surface area contributed by atoms with Gasteiger partial charge in [0, 0.05) is 47.5 Å². The second-order valence-electron chi connectivity index (χ2n) is 6.15. The number of carboxylic acids is 1. The smallest absolute Gasteiger partial charge is 0.300 e. The number of aryl methyl sites for hydroxylation is 2. The van der Waals surface area contributed by atoms with Crippen molar-refractivity contribution >= 4 is 18.4 Å². The molecule has 0 amide bonds. The summed E-state index contributed by atoms with van der Waals surface area (Å²) < 4.78 is 0. The van der Waals surface area contributed by atoms with Crippen LogP contribution in [-0.4, -0.2) is 46.8 Å². The van der Waals surface area contributed by atoms with Gasteiger partial charge in [-0.25, -0.2) is 0 Å². The fourth-order valence-electron chi connectivity index (χ4n) is 2.74. The molecule has 0 spiro atoms. The van der Waals surface area contributed by atoms with Crippen molar-refractivity contribution in [2.24, 2.45) is 9.98 Å². The van der Waals surface area contributed by atoms with Gasteiger partial charge in [-0.05, 0) is 42.5 Å². The first kappa shape index (κ1) is 23.4. The van der Waals surface area contributed by atoms with Crippen LogP contribution in [0.25, 0.3) is 0 Å². The van der Waals surface area contributed by atoms with E-state index in [9.17, 15) is 10.2 Å². The number of carboxylic acid groups (broad SMARTS) is 1. The van der Waals surface area contributed by atoms with Crippen LogP contribution in [-0.2, 0) is 34.7 Å². The summed E-state index contributed by atoms with van der Waals surface area (Å²) in [6, 6.07) is 11.5. The minimum absolute atomic E-state index is 0. The van der Waals surface area contributed by atoms with Crippen LogP contribution in [0.1, 0.15) is 35.6 Å². The standard InChI is InChI=1S/C19H20N2O2.C2H4O2.Mn/c22-18-14-4-1-5-15-7-3-9-17(19(15)23)13-21-11-10-20-12-16(18)8-2-6-14;1-2(3)4;/h2-3,6-9,12-13,22-23H,1,4-5,10-11H2;1H3,(H,3,4);. The van der Waals surface area contributed by atoms with E-state index in [4.69, 9.17) is 9.90 Å². The fourth-order valence-corrected chi connectivity index (χ4v) is 2.74. The van der Waals surface area contributed by atoms with Gasteiger partial charge >= 0.3 is 0 Å². The average molecular weight is 423 g/mol. The normalized spacial score (nSPS) is 13.2. The van der Waals surface area contributed by atoms with Crippen LogP contribution < -0.4 is 0 Å². The van der Waals surface area contributed by atoms with E-state index in [-0.39, 0.29) is 17.1 Å². The molecule has 0 aromatic heterocycles. The monoisotopic (exact) mass is 423 g/mol. The first-order chi connectivity index (χ1) is 13.0. The van der Waals surface area contributed by atoms with Crippen LogP contribution in [0.2, 0.25) is 0 Å². The fraction of sp³-hybridized carbons (Fsp3) is 0.286. The summed E-state index contributed by atoms with van der Waals surface area (Å²) in [5.74, 6) is -0.236. The number of aromatic hydroxyl groups is 2. The molecular weight excluding hydrogens is 399 g/mol. The zero-order valence-electron chi connectivity index (χ0n) is 15.7. The van der Waals surface area contributed by atoms with Gasteiger partial charge in [0.15, 0.2) is 0 Å². The molecule has 1 radical (unpaired) electrons. The van der Waals surface area contributed by atoms with E-state index in [1.807, 2.05) is 36.4 Å². The Morgan fingerprint density at radius 1 is 0.857 bits per heavy atom. The summed E-state index contributed by atoms with van der Waals surface area (Å²) in [5, 5.41) is 28.1. The third kappa shape index (κ3) is 7.18. The molecule has 7 heteroatoms. The molecule has 3 N–H and O–H groups in total. The van der Waals surface area contributed by atoms with E-state index in [0.29, 0.717) is 24.6 Å². The average Bonchev–Trinajstić information content (AvgIpc) is 2.62. The maximum atomic E-state index is 10.3. The first-order valence-corrected chi connectivity index (χ1v) is 8.80. The van der Waals surface area contributed by atoms with E-state index >= 15 is 0 Å². The summed E-state index contributed by atoms with van der Waals surface area (Å²) in [6.07, 6.45) is 5.76. The summed E-state index contributed by atoms with van der Waals surface area (Å²) in [4.78, 5) is 17.6. The van der Waals surface area contributed by atoms with Gasteiger partial charge in [-0.3, -0.25) is 14.8 Å². The van der Waals surface area contributed by atoms with E-state index in [1.165, 1.54) is 0 Å². The predicted octanol–water partition coefficient (Wildman–Crippen LogP) is 3.21. The Bertz CT molecular complexity index is 783. The Morgan fingerprint density at radius 2 is 1.25 bits per heavy atom. The van der Waals surface area contributed by atoms with E-state index in [0.717, 1.165) is 48.4 Å². The Kier molecular flexibility index (Phi) is 9.99. The van der Waals surface area contributed by atoms with Gasteiger partial charge in [0.1, 0.15) is 11.5 Å². The molecule has 0 fully saturated rings. The Hall–Kier alpha value is -2.63. The van der Waals surface area contributed by atoms with Crippen molar-refractivity contribution in [1.82, 2.24) is 0 Å². The van der Waals surface area contributed by atoms with Crippen molar-refractivity contribution < 1.29 is 37.2 Å². The van der Waals surface area contributed by atoms with Gasteiger partial charge in [-0.1, -0.05) is 24.3 Å². The quantitative estimate of drug-likeness (QED) is 0.566. The molecule has 0 unspecified atom stereocenters. The molecule has 0 aliphatic carbocycles. The van der Waals surface area contributed by atoms with Crippen molar-refractivity contribution in [3.05, 3.63) is 58.7 Å². The minimum Gasteiger partial charge on any atom is -0.507 e. The molecule has 1 heterocycles. The number of aliphatic carboxylic acids is 1. The number of rotatable bonds is 0. The van der Waals surface area contributed by atoms with Crippen LogP contribution >= 0.6 is 0 Å². The number of phenolic OH excluding ortho intramolecular Hbond substituents is 2. The van der Waals surface area contributed by atoms with Gasteiger partial charge < -0.3 is 15.3 Å². The van der Waals surface area contributed by atoms with Gasteiger partial charge in [0.25, 0.3) is 5.97 Å². The van der Waals surface area contributed by atoms with Crippen LogP contribution in [0, 0.1) is 0 Å². The number of hydrogen-bond donors (Lipinski definition) is 3. The maximum Gasteiger partial charge on any atom is 0.300 e. The second kappa shape index (κ2) is 12.0. The van der Waals surface area contributed by atoms with Gasteiger partial charge in [-0.2, -0.15) is 0 Å². The summed E-state index contributed by atoms with van der Waals surface area (Å²) >= 11 is 0. The molecular formula is C21H24MnN2O4. The molecule has 4 bridgehead atoms. The van der Waals surface area contributed by atoms with E-state index in [2.05, 4.69) is 9.98 Å². The van der Waals surface area contributed by atoms with Crippen LogP contribution in [0.4, 0.5) is 0 Å². The van der Waals surface area contributed by atoms with Crippen molar-refractivity contribution in [2.45, 2.75) is 26.2 Å². The van der Waals surface area contributed by atoms with Gasteiger partial charge in [0.2, 0.25) is 0 Å². The molecule has 2 aromatic carbocycles. The molecule has 0 atom stereocenters. The van der Waals surface area contributed by atoms with Gasteiger partial charge in [-0.15, -0.1) is 0 Å². The molecule has 1 aliphatic heterocycles. The van der Waals surface area contributed by atoms with Crippen molar-refractivity contribution in [2.75, 3.05) is 13.1 Å². The molecule has 0 saturated carbocycles. The molecule has 28 heavy (non-hydrogen) atoms. The number of nitrogens with zero attached hydrogens (tertiary/aromatic N) is 2. The third-order valence-corrected chi connectivity index (χ3v) is 4.01. The third-order valence-electron chi connectivity index (χ3n) is 4.01. The molecule has 6 nitrogen and oxygen atoms in total. The second-order valence-corrected chi connectivity index (χ2v) is 6.15. The Labute approximate surface area is 175 Å². The molecule has 3 rings (SSSR count). The molecule has 149 valence electrons. The zero-order valence-corrected chi connectivity index (χ0v) is 16.9. The van der Waals surface area contributed by atoms with Gasteiger partial charge in [0.05, 0.1) is 13.1 Å². The van der Waals surface area contributed by atoms with Crippen LogP contribution in [0.15, 0.2) is 46.4 Å². The number of phenols is 2. The topological polar surface area (TPSA) is 102 Å². The van der Waals surface area contributed by atoms with Crippen LogP contribution in [0.5, 0.6) is 11.5 Å².